The molecule has 0 N–H and O–H groups in total. The molecule has 3 heteroatoms. The summed E-state index contributed by atoms with van der Waals surface area (Å²) in [5, 5.41) is 0. The van der Waals surface area contributed by atoms with E-state index in [1.807, 2.05) is 54.6 Å². The number of benzene rings is 2. The van der Waals surface area contributed by atoms with E-state index in [9.17, 15) is 0 Å². The van der Waals surface area contributed by atoms with Crippen LogP contribution in [0.2, 0.25) is 0 Å². The van der Waals surface area contributed by atoms with E-state index in [0.717, 1.165) is 5.75 Å². The maximum Gasteiger partial charge on any atom is 0.110 e. The molecule has 0 aliphatic rings. The van der Waals surface area contributed by atoms with Gasteiger partial charge in [-0.05, 0) is 5.56 Å². The number of halogens is 1. The van der Waals surface area contributed by atoms with Crippen LogP contribution in [0.4, 0.5) is 0 Å². The van der Waals surface area contributed by atoms with Crippen LogP contribution in [0.5, 0.6) is 5.75 Å². The van der Waals surface area contributed by atoms with E-state index in [2.05, 4.69) is 19.7 Å². The Morgan fingerprint density at radius 2 is 1.69 bits per heavy atom. The summed E-state index contributed by atoms with van der Waals surface area (Å²) >= 11 is 4.25. The molecule has 16 heavy (non-hydrogen) atoms. The van der Waals surface area contributed by atoms with Crippen LogP contribution in [0.25, 0.3) is 0 Å². The van der Waals surface area contributed by atoms with Crippen molar-refractivity contribution in [2.45, 2.75) is 6.61 Å². The number of rotatable bonds is 3. The molecular formula is C13H11BrOZn. The molecule has 2 aromatic carbocycles. The van der Waals surface area contributed by atoms with Gasteiger partial charge >= 0.3 is 30.0 Å². The van der Waals surface area contributed by atoms with E-state index in [0.29, 0.717) is 6.61 Å². The van der Waals surface area contributed by atoms with Crippen molar-refractivity contribution in [2.75, 3.05) is 0 Å². The Bertz CT molecular complexity index is 338. The fraction of sp³-hybridized carbons (Fsp3) is 0.0769. The quantitative estimate of drug-likeness (QED) is 0.613. The summed E-state index contributed by atoms with van der Waals surface area (Å²) in [5.41, 5.74) is 1.17. The summed E-state index contributed by atoms with van der Waals surface area (Å²) < 4.78 is 5.54. The standard InChI is InChI=1S/C13H11O.BrH.Zn/c1-3-7-12(8-4-1)11-14-13-9-5-2-6-10-13;;/h1-9H,11H2;1H;/q-1;;+2/p-1. The first-order valence-corrected chi connectivity index (χ1v) is 11.8. The summed E-state index contributed by atoms with van der Waals surface area (Å²) in [4.78, 5) is 0. The van der Waals surface area contributed by atoms with Gasteiger partial charge in [-0.25, -0.2) is 0 Å². The zero-order valence-electron chi connectivity index (χ0n) is 8.90. The first-order chi connectivity index (χ1) is 7.95. The monoisotopic (exact) mass is 326 g/mol. The van der Waals surface area contributed by atoms with Gasteiger partial charge in [0.05, 0.1) is 0 Å². The van der Waals surface area contributed by atoms with E-state index < -0.39 is 0 Å². The first kappa shape index (κ1) is 13.4. The SMILES string of the molecule is [Zn+][Br].[c-]1ccccc1OCc1ccccc1. The van der Waals surface area contributed by atoms with Gasteiger partial charge in [0.25, 0.3) is 0 Å². The molecule has 0 saturated heterocycles. The molecule has 0 unspecified atom stereocenters. The topological polar surface area (TPSA) is 9.23 Å². The molecule has 0 aliphatic carbocycles. The minimum absolute atomic E-state index is 0.599. The van der Waals surface area contributed by atoms with Crippen molar-refractivity contribution in [3.63, 3.8) is 0 Å². The third-order valence-electron chi connectivity index (χ3n) is 1.92. The fourth-order valence-electron chi connectivity index (χ4n) is 1.20. The maximum absolute atomic E-state index is 5.54. The zero-order chi connectivity index (χ0) is 11.6. The first-order valence-electron chi connectivity index (χ1n) is 4.85. The van der Waals surface area contributed by atoms with Crippen LogP contribution in [0.3, 0.4) is 0 Å². The van der Waals surface area contributed by atoms with Crippen molar-refractivity contribution < 1.29 is 21.1 Å². The van der Waals surface area contributed by atoms with Crippen LogP contribution in [-0.4, -0.2) is 0 Å². The Labute approximate surface area is 113 Å². The molecule has 0 radical (unpaired) electrons. The summed E-state index contributed by atoms with van der Waals surface area (Å²) in [6.07, 6.45) is 0. The van der Waals surface area contributed by atoms with Crippen molar-refractivity contribution >= 4 is 13.6 Å². The van der Waals surface area contributed by atoms with Crippen molar-refractivity contribution in [3.05, 3.63) is 66.2 Å². The summed E-state index contributed by atoms with van der Waals surface area (Å²) in [6.45, 7) is 0.599. The van der Waals surface area contributed by atoms with Gasteiger partial charge in [-0.3, -0.25) is 0 Å². The van der Waals surface area contributed by atoms with E-state index in [1.165, 1.54) is 21.9 Å². The average Bonchev–Trinajstić information content (AvgIpc) is 2.41. The van der Waals surface area contributed by atoms with Crippen LogP contribution >= 0.6 is 13.6 Å². The van der Waals surface area contributed by atoms with Crippen LogP contribution in [-0.2, 0) is 22.9 Å². The molecule has 0 aliphatic heterocycles. The van der Waals surface area contributed by atoms with Gasteiger partial charge in [0.15, 0.2) is 0 Å². The molecule has 0 saturated carbocycles. The summed E-state index contributed by atoms with van der Waals surface area (Å²) in [6, 6.07) is 20.7. The Hall–Kier alpha value is -0.657. The van der Waals surface area contributed by atoms with Gasteiger partial charge < -0.3 is 4.74 Å². The minimum atomic E-state index is 0.599. The second-order valence-corrected chi connectivity index (χ2v) is 3.00. The third-order valence-corrected chi connectivity index (χ3v) is 1.92. The van der Waals surface area contributed by atoms with Crippen LogP contribution in [0.1, 0.15) is 5.56 Å². The minimum Gasteiger partial charge on any atom is -0.515 e. The van der Waals surface area contributed by atoms with Gasteiger partial charge in [0.2, 0.25) is 0 Å². The van der Waals surface area contributed by atoms with E-state index in [4.69, 9.17) is 4.74 Å². The number of ether oxygens (including phenoxy) is 1. The molecule has 0 amide bonds. The molecule has 2 rings (SSSR count). The molecule has 0 aromatic heterocycles. The molecule has 2 aromatic rings. The second kappa shape index (κ2) is 8.49. The molecule has 0 fully saturated rings. The molecule has 1 nitrogen and oxygen atoms in total. The average molecular weight is 329 g/mol. The molecule has 0 spiro atoms. The van der Waals surface area contributed by atoms with Crippen LogP contribution in [0.15, 0.2) is 54.6 Å². The van der Waals surface area contributed by atoms with Crippen molar-refractivity contribution in [1.29, 1.82) is 0 Å². The largest absolute Gasteiger partial charge is 0.515 e. The van der Waals surface area contributed by atoms with Gasteiger partial charge in [-0.1, -0.05) is 30.3 Å². The number of hydrogen-bond acceptors (Lipinski definition) is 1. The smallest absolute Gasteiger partial charge is 0.110 e. The Morgan fingerprint density at radius 3 is 2.31 bits per heavy atom. The van der Waals surface area contributed by atoms with Crippen LogP contribution in [0, 0.1) is 6.07 Å². The fourth-order valence-corrected chi connectivity index (χ4v) is 1.20. The van der Waals surface area contributed by atoms with Gasteiger partial charge in [0, 0.05) is 5.75 Å². The molecule has 0 bridgehead atoms. The van der Waals surface area contributed by atoms with Gasteiger partial charge in [-0.15, -0.1) is 12.1 Å². The zero-order valence-corrected chi connectivity index (χ0v) is 13.4. The molecule has 0 atom stereocenters. The number of para-hydroxylation sites is 1. The maximum atomic E-state index is 5.54. The van der Waals surface area contributed by atoms with Crippen molar-refractivity contribution in [2.24, 2.45) is 0 Å². The van der Waals surface area contributed by atoms with Crippen LogP contribution < -0.4 is 4.74 Å². The molecular weight excluding hydrogens is 317 g/mol. The predicted octanol–water partition coefficient (Wildman–Crippen LogP) is 3.91. The third kappa shape index (κ3) is 4.91. The second-order valence-electron chi connectivity index (χ2n) is 3.00. The predicted molar refractivity (Wildman–Crippen MR) is 65.0 cm³/mol. The Balaban J connectivity index is 0.000000606. The van der Waals surface area contributed by atoms with E-state index in [1.54, 1.807) is 0 Å². The van der Waals surface area contributed by atoms with Crippen molar-refractivity contribution in [3.8, 4) is 5.75 Å². The van der Waals surface area contributed by atoms with E-state index >= 15 is 0 Å². The molecule has 0 heterocycles. The van der Waals surface area contributed by atoms with Gasteiger partial charge in [-0.2, -0.15) is 18.2 Å². The number of hydrogen-bond donors (Lipinski definition) is 0. The van der Waals surface area contributed by atoms with E-state index in [-0.39, 0.29) is 0 Å². The summed E-state index contributed by atoms with van der Waals surface area (Å²) in [7, 11) is 0. The summed E-state index contributed by atoms with van der Waals surface area (Å²) in [5.74, 6) is 0.788. The van der Waals surface area contributed by atoms with Gasteiger partial charge in [0.1, 0.15) is 6.61 Å². The Morgan fingerprint density at radius 1 is 1.00 bits per heavy atom. The normalized spacial score (nSPS) is 8.94. The molecule has 78 valence electrons. The van der Waals surface area contributed by atoms with Crippen molar-refractivity contribution in [1.82, 2.24) is 0 Å². The Kier molecular flexibility index (Phi) is 7.12.